The van der Waals surface area contributed by atoms with Crippen LogP contribution < -0.4 is 15.8 Å². The highest BCUT2D eigenvalue weighted by molar-refractivity contribution is 5.36. The van der Waals surface area contributed by atoms with Crippen molar-refractivity contribution in [1.29, 1.82) is 0 Å². The molecule has 0 radical (unpaired) electrons. The number of aryl methyl sites for hydroxylation is 1. The molecule has 2 fully saturated rings. The zero-order valence-electron chi connectivity index (χ0n) is 13.3. The van der Waals surface area contributed by atoms with Gasteiger partial charge < -0.3 is 19.5 Å². The van der Waals surface area contributed by atoms with Crippen LogP contribution in [0.1, 0.15) is 32.6 Å². The number of piperidine rings is 1. The number of nitrogens with zero attached hydrogens (tertiary/aromatic N) is 3. The van der Waals surface area contributed by atoms with Gasteiger partial charge in [0.05, 0.1) is 6.61 Å². The molecule has 3 heterocycles. The largest absolute Gasteiger partial charge is 0.380 e. The molecule has 6 heteroatoms. The van der Waals surface area contributed by atoms with E-state index in [1.165, 1.54) is 6.42 Å². The van der Waals surface area contributed by atoms with Crippen molar-refractivity contribution in [1.82, 2.24) is 14.9 Å². The monoisotopic (exact) mass is 306 g/mol. The Morgan fingerprint density at radius 2 is 2.14 bits per heavy atom. The van der Waals surface area contributed by atoms with E-state index in [4.69, 9.17) is 4.74 Å². The van der Waals surface area contributed by atoms with E-state index in [1.807, 2.05) is 6.92 Å². The SMILES string of the molecule is CCn1ccnc(N2CCC(N[C@@H]3CCCOC3)CC2)c1=O. The third-order valence-electron chi connectivity index (χ3n) is 4.66. The molecule has 0 bridgehead atoms. The number of aromatic nitrogens is 2. The average molecular weight is 306 g/mol. The molecule has 0 aromatic carbocycles. The van der Waals surface area contributed by atoms with Crippen LogP contribution in [-0.4, -0.2) is 47.9 Å². The molecular weight excluding hydrogens is 280 g/mol. The first kappa shape index (κ1) is 15.5. The molecule has 2 aliphatic rings. The van der Waals surface area contributed by atoms with Gasteiger partial charge in [-0.2, -0.15) is 0 Å². The highest BCUT2D eigenvalue weighted by Gasteiger charge is 2.24. The zero-order chi connectivity index (χ0) is 15.4. The van der Waals surface area contributed by atoms with Crippen molar-refractivity contribution in [3.05, 3.63) is 22.7 Å². The van der Waals surface area contributed by atoms with Crippen molar-refractivity contribution in [2.45, 2.75) is 51.2 Å². The maximum atomic E-state index is 12.3. The molecule has 0 unspecified atom stereocenters. The molecular formula is C16H26N4O2. The second kappa shape index (κ2) is 7.24. The quantitative estimate of drug-likeness (QED) is 0.899. The Bertz CT molecular complexity index is 531. The zero-order valence-corrected chi connectivity index (χ0v) is 13.3. The molecule has 22 heavy (non-hydrogen) atoms. The van der Waals surface area contributed by atoms with E-state index in [1.54, 1.807) is 17.0 Å². The normalized spacial score (nSPS) is 23.7. The smallest absolute Gasteiger partial charge is 0.293 e. The number of rotatable bonds is 4. The molecule has 1 atom stereocenters. The molecule has 3 rings (SSSR count). The third-order valence-corrected chi connectivity index (χ3v) is 4.66. The molecule has 122 valence electrons. The van der Waals surface area contributed by atoms with E-state index < -0.39 is 0 Å². The van der Waals surface area contributed by atoms with E-state index in [0.717, 1.165) is 45.6 Å². The van der Waals surface area contributed by atoms with Crippen LogP contribution in [-0.2, 0) is 11.3 Å². The van der Waals surface area contributed by atoms with Crippen LogP contribution in [0.3, 0.4) is 0 Å². The molecule has 0 amide bonds. The van der Waals surface area contributed by atoms with Crippen LogP contribution in [0.2, 0.25) is 0 Å². The van der Waals surface area contributed by atoms with Crippen molar-refractivity contribution < 1.29 is 4.74 Å². The minimum atomic E-state index is 0.0251. The minimum Gasteiger partial charge on any atom is -0.380 e. The molecule has 1 aromatic heterocycles. The van der Waals surface area contributed by atoms with E-state index in [-0.39, 0.29) is 5.56 Å². The summed E-state index contributed by atoms with van der Waals surface area (Å²) in [6, 6.07) is 1.03. The molecule has 0 spiro atoms. The number of ether oxygens (including phenoxy) is 1. The molecule has 0 saturated carbocycles. The van der Waals surface area contributed by atoms with E-state index in [9.17, 15) is 4.79 Å². The summed E-state index contributed by atoms with van der Waals surface area (Å²) in [6.45, 7) is 6.19. The van der Waals surface area contributed by atoms with E-state index in [0.29, 0.717) is 24.4 Å². The number of hydrogen-bond acceptors (Lipinski definition) is 5. The Hall–Kier alpha value is -1.40. The lowest BCUT2D eigenvalue weighted by atomic mass is 10.0. The Morgan fingerprint density at radius 3 is 2.82 bits per heavy atom. The van der Waals surface area contributed by atoms with Gasteiger partial charge in [0.2, 0.25) is 0 Å². The predicted molar refractivity (Wildman–Crippen MR) is 86.4 cm³/mol. The lowest BCUT2D eigenvalue weighted by Crippen LogP contribution is -2.49. The van der Waals surface area contributed by atoms with Crippen LogP contribution in [0, 0.1) is 0 Å². The number of anilines is 1. The van der Waals surface area contributed by atoms with Crippen LogP contribution in [0.5, 0.6) is 0 Å². The second-order valence-corrected chi connectivity index (χ2v) is 6.18. The maximum absolute atomic E-state index is 12.3. The molecule has 1 aromatic rings. The topological polar surface area (TPSA) is 59.4 Å². The molecule has 6 nitrogen and oxygen atoms in total. The van der Waals surface area contributed by atoms with Crippen LogP contribution in [0.4, 0.5) is 5.82 Å². The molecule has 2 saturated heterocycles. The molecule has 1 N–H and O–H groups in total. The Balaban J connectivity index is 1.56. The summed E-state index contributed by atoms with van der Waals surface area (Å²) in [5.41, 5.74) is 0.0251. The van der Waals surface area contributed by atoms with Crippen LogP contribution >= 0.6 is 0 Å². The van der Waals surface area contributed by atoms with E-state index in [2.05, 4.69) is 15.2 Å². The number of hydrogen-bond donors (Lipinski definition) is 1. The summed E-state index contributed by atoms with van der Waals surface area (Å²) in [5.74, 6) is 0.601. The van der Waals surface area contributed by atoms with Crippen molar-refractivity contribution in [2.24, 2.45) is 0 Å². The summed E-state index contributed by atoms with van der Waals surface area (Å²) >= 11 is 0. The number of nitrogens with one attached hydrogen (secondary N) is 1. The van der Waals surface area contributed by atoms with Gasteiger partial charge in [-0.15, -0.1) is 0 Å². The van der Waals surface area contributed by atoms with Crippen LogP contribution in [0.25, 0.3) is 0 Å². The fourth-order valence-corrected chi connectivity index (χ4v) is 3.37. The summed E-state index contributed by atoms with van der Waals surface area (Å²) in [5, 5.41) is 3.71. The summed E-state index contributed by atoms with van der Waals surface area (Å²) in [6.07, 6.45) is 7.95. The van der Waals surface area contributed by atoms with Gasteiger partial charge in [0.15, 0.2) is 5.82 Å². The predicted octanol–water partition coefficient (Wildman–Crippen LogP) is 1.00. The van der Waals surface area contributed by atoms with Gasteiger partial charge in [-0.05, 0) is 32.6 Å². The van der Waals surface area contributed by atoms with Crippen molar-refractivity contribution >= 4 is 5.82 Å². The lowest BCUT2D eigenvalue weighted by Gasteiger charge is -2.35. The van der Waals surface area contributed by atoms with Gasteiger partial charge in [0, 0.05) is 50.7 Å². The standard InChI is InChI=1S/C16H26N4O2/c1-2-19-10-7-17-15(16(19)21)20-8-5-13(6-9-20)18-14-4-3-11-22-12-14/h7,10,13-14,18H,2-6,8-9,11-12H2,1H3/t14-/m1/s1. The Labute approximate surface area is 131 Å². The van der Waals surface area contributed by atoms with Crippen molar-refractivity contribution in [3.8, 4) is 0 Å². The van der Waals surface area contributed by atoms with E-state index >= 15 is 0 Å². The first-order valence-electron chi connectivity index (χ1n) is 8.42. The fraction of sp³-hybridized carbons (Fsp3) is 0.750. The summed E-state index contributed by atoms with van der Waals surface area (Å²) < 4.78 is 7.24. The highest BCUT2D eigenvalue weighted by Crippen LogP contribution is 2.16. The highest BCUT2D eigenvalue weighted by atomic mass is 16.5. The Kier molecular flexibility index (Phi) is 5.10. The van der Waals surface area contributed by atoms with Crippen molar-refractivity contribution in [3.63, 3.8) is 0 Å². The fourth-order valence-electron chi connectivity index (χ4n) is 3.37. The van der Waals surface area contributed by atoms with Gasteiger partial charge in [-0.25, -0.2) is 4.98 Å². The van der Waals surface area contributed by atoms with Gasteiger partial charge >= 0.3 is 0 Å². The third kappa shape index (κ3) is 3.50. The first-order valence-corrected chi connectivity index (χ1v) is 8.42. The van der Waals surface area contributed by atoms with Gasteiger partial charge in [-0.3, -0.25) is 4.79 Å². The minimum absolute atomic E-state index is 0.0251. The summed E-state index contributed by atoms with van der Waals surface area (Å²) in [4.78, 5) is 18.8. The van der Waals surface area contributed by atoms with Gasteiger partial charge in [0.25, 0.3) is 5.56 Å². The van der Waals surface area contributed by atoms with Gasteiger partial charge in [0.1, 0.15) is 0 Å². The average Bonchev–Trinajstić information content (AvgIpc) is 2.57. The van der Waals surface area contributed by atoms with Gasteiger partial charge in [-0.1, -0.05) is 0 Å². The molecule has 0 aliphatic carbocycles. The van der Waals surface area contributed by atoms with Crippen LogP contribution in [0.15, 0.2) is 17.2 Å². The lowest BCUT2D eigenvalue weighted by molar-refractivity contribution is 0.0650. The maximum Gasteiger partial charge on any atom is 0.293 e. The second-order valence-electron chi connectivity index (χ2n) is 6.18. The first-order chi connectivity index (χ1) is 10.8. The van der Waals surface area contributed by atoms with Crippen molar-refractivity contribution in [2.75, 3.05) is 31.2 Å². The Morgan fingerprint density at radius 1 is 1.32 bits per heavy atom. The summed E-state index contributed by atoms with van der Waals surface area (Å²) in [7, 11) is 0. The molecule has 2 aliphatic heterocycles.